The molecular formula is C17H28N2O3. The summed E-state index contributed by atoms with van der Waals surface area (Å²) in [7, 11) is 1.63. The van der Waals surface area contributed by atoms with Crippen molar-refractivity contribution in [1.29, 1.82) is 0 Å². The maximum absolute atomic E-state index is 10.6. The lowest BCUT2D eigenvalue weighted by Gasteiger charge is -2.03. The number of methoxy groups -OCH3 is 1. The van der Waals surface area contributed by atoms with Crippen LogP contribution in [0.15, 0.2) is 33.5 Å². The molecule has 5 heteroatoms. The average molecular weight is 308 g/mol. The summed E-state index contributed by atoms with van der Waals surface area (Å²) in [5.41, 5.74) is 2.94. The second-order valence-electron chi connectivity index (χ2n) is 5.06. The fraction of sp³-hybridized carbons (Fsp3) is 0.588. The van der Waals surface area contributed by atoms with Gasteiger partial charge in [-0.3, -0.25) is 14.8 Å². The van der Waals surface area contributed by atoms with Gasteiger partial charge >= 0.3 is 5.97 Å². The molecular weight excluding hydrogens is 280 g/mol. The summed E-state index contributed by atoms with van der Waals surface area (Å²) in [6.45, 7) is 9.02. The van der Waals surface area contributed by atoms with Crippen LogP contribution < -0.4 is 0 Å². The van der Waals surface area contributed by atoms with E-state index in [4.69, 9.17) is 9.84 Å². The van der Waals surface area contributed by atoms with Crippen molar-refractivity contribution in [3.63, 3.8) is 0 Å². The molecule has 0 rings (SSSR count). The maximum atomic E-state index is 10.6. The molecule has 0 bridgehead atoms. The zero-order chi connectivity index (χ0) is 17.0. The van der Waals surface area contributed by atoms with Gasteiger partial charge in [-0.15, -0.1) is 0 Å². The molecule has 0 unspecified atom stereocenters. The van der Waals surface area contributed by atoms with Crippen molar-refractivity contribution in [3.05, 3.63) is 23.5 Å². The number of aliphatic imine (C=N–C) groups is 2. The fourth-order valence-electron chi connectivity index (χ4n) is 1.81. The van der Waals surface area contributed by atoms with E-state index in [1.165, 1.54) is 0 Å². The molecule has 22 heavy (non-hydrogen) atoms. The maximum Gasteiger partial charge on any atom is 0.303 e. The molecule has 0 radical (unpaired) electrons. The standard InChI is InChI=1S/C17H28N2O3/c1-6-16(7-8-17(20)21)12-14(3)19-10-9-18-13(2)11-15(4)22-5/h11-12H,6-10H2,1-5H3,(H,20,21)/b15-11-,16-12+,18-13?,19-14?. The molecule has 0 saturated carbocycles. The van der Waals surface area contributed by atoms with Crippen LogP contribution in [-0.2, 0) is 9.53 Å². The largest absolute Gasteiger partial charge is 0.501 e. The minimum Gasteiger partial charge on any atom is -0.501 e. The molecule has 5 nitrogen and oxygen atoms in total. The highest BCUT2D eigenvalue weighted by atomic mass is 16.5. The summed E-state index contributed by atoms with van der Waals surface area (Å²) >= 11 is 0. The topological polar surface area (TPSA) is 71.2 Å². The van der Waals surface area contributed by atoms with E-state index in [1.807, 2.05) is 39.8 Å². The molecule has 0 aromatic carbocycles. The minimum atomic E-state index is -0.766. The lowest BCUT2D eigenvalue weighted by atomic mass is 10.1. The second kappa shape index (κ2) is 11.7. The Balaban J connectivity index is 4.43. The quantitative estimate of drug-likeness (QED) is 0.380. The number of hydrogen-bond donors (Lipinski definition) is 1. The highest BCUT2D eigenvalue weighted by molar-refractivity contribution is 5.94. The van der Waals surface area contributed by atoms with Crippen LogP contribution in [0.5, 0.6) is 0 Å². The minimum absolute atomic E-state index is 0.168. The number of rotatable bonds is 10. The fourth-order valence-corrected chi connectivity index (χ4v) is 1.81. The van der Waals surface area contributed by atoms with Gasteiger partial charge in [-0.25, -0.2) is 0 Å². The third-order valence-electron chi connectivity index (χ3n) is 3.08. The van der Waals surface area contributed by atoms with Gasteiger partial charge < -0.3 is 9.84 Å². The Hall–Kier alpha value is -1.91. The van der Waals surface area contributed by atoms with E-state index in [0.717, 1.165) is 29.2 Å². The molecule has 0 aliphatic rings. The number of carboxylic acids is 1. The first-order valence-electron chi connectivity index (χ1n) is 7.54. The average Bonchev–Trinajstić information content (AvgIpc) is 2.47. The highest BCUT2D eigenvalue weighted by Gasteiger charge is 2.00. The van der Waals surface area contributed by atoms with Crippen LogP contribution in [0.3, 0.4) is 0 Å². The molecule has 124 valence electrons. The van der Waals surface area contributed by atoms with Gasteiger partial charge in [0.1, 0.15) is 0 Å². The van der Waals surface area contributed by atoms with E-state index in [0.29, 0.717) is 19.5 Å². The molecule has 0 atom stereocenters. The number of aliphatic carboxylic acids is 1. The number of hydrogen-bond acceptors (Lipinski definition) is 4. The Labute approximate surface area is 133 Å². The molecule has 0 aromatic rings. The van der Waals surface area contributed by atoms with Gasteiger partial charge in [-0.2, -0.15) is 0 Å². The summed E-state index contributed by atoms with van der Waals surface area (Å²) < 4.78 is 5.06. The van der Waals surface area contributed by atoms with E-state index in [-0.39, 0.29) is 6.42 Å². The first-order valence-corrected chi connectivity index (χ1v) is 7.54. The molecule has 0 saturated heterocycles. The molecule has 0 amide bonds. The SMILES string of the molecule is CC/C(=C\C(C)=NCCN=C(C)/C=C(/C)OC)CCC(=O)O. The van der Waals surface area contributed by atoms with Gasteiger partial charge in [0.2, 0.25) is 0 Å². The van der Waals surface area contributed by atoms with E-state index in [1.54, 1.807) is 7.11 Å². The Kier molecular flexibility index (Phi) is 10.7. The van der Waals surface area contributed by atoms with Crippen LogP contribution in [0.1, 0.15) is 47.0 Å². The van der Waals surface area contributed by atoms with Gasteiger partial charge in [0, 0.05) is 17.8 Å². The molecule has 0 aliphatic carbocycles. The highest BCUT2D eigenvalue weighted by Crippen LogP contribution is 2.09. The van der Waals surface area contributed by atoms with Crippen molar-refractivity contribution in [3.8, 4) is 0 Å². The summed E-state index contributed by atoms with van der Waals surface area (Å²) in [6, 6.07) is 0. The Morgan fingerprint density at radius 2 is 1.59 bits per heavy atom. The third-order valence-corrected chi connectivity index (χ3v) is 3.08. The van der Waals surface area contributed by atoms with E-state index >= 15 is 0 Å². The molecule has 0 heterocycles. The molecule has 0 aliphatic heterocycles. The number of allylic oxidation sites excluding steroid dienone is 4. The second-order valence-corrected chi connectivity index (χ2v) is 5.06. The van der Waals surface area contributed by atoms with E-state index in [2.05, 4.69) is 9.98 Å². The summed E-state index contributed by atoms with van der Waals surface area (Å²) in [6.07, 6.45) is 5.46. The third kappa shape index (κ3) is 10.8. The molecule has 0 spiro atoms. The Bertz CT molecular complexity index is 474. The normalized spacial score (nSPS) is 14.2. The zero-order valence-corrected chi connectivity index (χ0v) is 14.3. The first kappa shape index (κ1) is 20.1. The first-order chi connectivity index (χ1) is 10.4. The van der Waals surface area contributed by atoms with Gasteiger partial charge in [0.05, 0.1) is 26.0 Å². The van der Waals surface area contributed by atoms with Crippen LogP contribution in [-0.4, -0.2) is 42.7 Å². The molecule has 0 fully saturated rings. The van der Waals surface area contributed by atoms with Crippen LogP contribution in [0.25, 0.3) is 0 Å². The van der Waals surface area contributed by atoms with E-state index in [9.17, 15) is 4.79 Å². The number of carbonyl (C=O) groups is 1. The van der Waals surface area contributed by atoms with Crippen LogP contribution in [0.4, 0.5) is 0 Å². The van der Waals surface area contributed by atoms with Crippen molar-refractivity contribution in [1.82, 2.24) is 0 Å². The van der Waals surface area contributed by atoms with Crippen LogP contribution in [0, 0.1) is 0 Å². The monoisotopic (exact) mass is 308 g/mol. The number of carboxylic acid groups (broad SMARTS) is 1. The van der Waals surface area contributed by atoms with Crippen LogP contribution in [0.2, 0.25) is 0 Å². The zero-order valence-electron chi connectivity index (χ0n) is 14.3. The number of ether oxygens (including phenoxy) is 1. The van der Waals surface area contributed by atoms with Crippen molar-refractivity contribution in [2.75, 3.05) is 20.2 Å². The predicted molar refractivity (Wildman–Crippen MR) is 92.0 cm³/mol. The van der Waals surface area contributed by atoms with Crippen molar-refractivity contribution in [2.24, 2.45) is 9.98 Å². The van der Waals surface area contributed by atoms with E-state index < -0.39 is 5.97 Å². The molecule has 1 N–H and O–H groups in total. The smallest absolute Gasteiger partial charge is 0.303 e. The van der Waals surface area contributed by atoms with Gasteiger partial charge in [-0.05, 0) is 45.8 Å². The van der Waals surface area contributed by atoms with Crippen LogP contribution >= 0.6 is 0 Å². The lowest BCUT2D eigenvalue weighted by Crippen LogP contribution is -1.99. The van der Waals surface area contributed by atoms with Crippen molar-refractivity contribution >= 4 is 17.4 Å². The Morgan fingerprint density at radius 1 is 1.05 bits per heavy atom. The Morgan fingerprint density at radius 3 is 2.05 bits per heavy atom. The summed E-state index contributed by atoms with van der Waals surface area (Å²) in [5, 5.41) is 8.71. The molecule has 0 aromatic heterocycles. The summed E-state index contributed by atoms with van der Waals surface area (Å²) in [5.74, 6) is 0.0630. The van der Waals surface area contributed by atoms with Gasteiger partial charge in [0.15, 0.2) is 0 Å². The summed E-state index contributed by atoms with van der Waals surface area (Å²) in [4.78, 5) is 19.4. The predicted octanol–water partition coefficient (Wildman–Crippen LogP) is 3.66. The van der Waals surface area contributed by atoms with Crippen molar-refractivity contribution in [2.45, 2.75) is 47.0 Å². The number of nitrogens with zero attached hydrogens (tertiary/aromatic N) is 2. The van der Waals surface area contributed by atoms with Gasteiger partial charge in [0.25, 0.3) is 0 Å². The lowest BCUT2D eigenvalue weighted by molar-refractivity contribution is -0.136. The van der Waals surface area contributed by atoms with Gasteiger partial charge in [-0.1, -0.05) is 12.5 Å². The van der Waals surface area contributed by atoms with Crippen molar-refractivity contribution < 1.29 is 14.6 Å².